The maximum atomic E-state index is 13.6. The molecule has 18 heavy (non-hydrogen) atoms. The van der Waals surface area contributed by atoms with E-state index in [0.717, 1.165) is 6.07 Å². The summed E-state index contributed by atoms with van der Waals surface area (Å²) in [5.41, 5.74) is 5.75. The minimum Gasteiger partial charge on any atom is -0.389 e. The maximum absolute atomic E-state index is 13.6. The van der Waals surface area contributed by atoms with Crippen LogP contribution in [-0.2, 0) is 0 Å². The second-order valence-electron chi connectivity index (χ2n) is 3.82. The topological polar surface area (TPSA) is 29.3 Å². The molecule has 0 amide bonds. The van der Waals surface area contributed by atoms with Crippen LogP contribution in [-0.4, -0.2) is 24.8 Å². The summed E-state index contributed by atoms with van der Waals surface area (Å²) in [4.78, 5) is 1.24. The van der Waals surface area contributed by atoms with E-state index in [9.17, 15) is 17.6 Å². The minimum atomic E-state index is -4.26. The van der Waals surface area contributed by atoms with Gasteiger partial charge in [-0.1, -0.05) is 12.2 Å². The van der Waals surface area contributed by atoms with Crippen molar-refractivity contribution >= 4 is 22.9 Å². The predicted octanol–water partition coefficient (Wildman–Crippen LogP) is 2.85. The Kier molecular flexibility index (Phi) is 4.50. The van der Waals surface area contributed by atoms with Crippen molar-refractivity contribution in [2.24, 2.45) is 5.73 Å². The highest BCUT2D eigenvalue weighted by Crippen LogP contribution is 2.23. The van der Waals surface area contributed by atoms with Gasteiger partial charge in [0.25, 0.3) is 0 Å². The van der Waals surface area contributed by atoms with Crippen molar-refractivity contribution in [3.8, 4) is 0 Å². The third-order valence-corrected chi connectivity index (χ3v) is 2.61. The molecule has 7 heteroatoms. The summed E-state index contributed by atoms with van der Waals surface area (Å²) in [5, 5.41) is 0. The largest absolute Gasteiger partial charge is 0.390 e. The number of alkyl halides is 3. The summed E-state index contributed by atoms with van der Waals surface area (Å²) in [6.07, 6.45) is -5.26. The normalized spacial score (nSPS) is 11.4. The van der Waals surface area contributed by atoms with Crippen molar-refractivity contribution in [2.75, 3.05) is 18.5 Å². The lowest BCUT2D eigenvalue weighted by Gasteiger charge is -2.21. The van der Waals surface area contributed by atoms with Crippen molar-refractivity contribution in [2.45, 2.75) is 12.6 Å². The van der Waals surface area contributed by atoms with Crippen LogP contribution in [0.25, 0.3) is 0 Å². The summed E-state index contributed by atoms with van der Waals surface area (Å²) < 4.78 is 49.8. The number of nitrogens with zero attached hydrogens (tertiary/aromatic N) is 1. The SMILES string of the molecule is CN(CCC(F)(F)F)c1ccc(C(N)=S)cc1F. The van der Waals surface area contributed by atoms with E-state index in [2.05, 4.69) is 12.2 Å². The Morgan fingerprint density at radius 1 is 1.39 bits per heavy atom. The van der Waals surface area contributed by atoms with Gasteiger partial charge in [0.05, 0.1) is 12.1 Å². The molecule has 0 aliphatic carbocycles. The highest BCUT2D eigenvalue weighted by molar-refractivity contribution is 7.80. The second kappa shape index (κ2) is 5.51. The Balaban J connectivity index is 2.80. The Hall–Kier alpha value is -1.37. The van der Waals surface area contributed by atoms with E-state index < -0.39 is 18.4 Å². The van der Waals surface area contributed by atoms with Crippen LogP contribution in [0.2, 0.25) is 0 Å². The van der Waals surface area contributed by atoms with Crippen LogP contribution in [0.5, 0.6) is 0 Å². The zero-order chi connectivity index (χ0) is 13.9. The summed E-state index contributed by atoms with van der Waals surface area (Å²) in [6.45, 7) is -0.313. The number of halogens is 4. The van der Waals surface area contributed by atoms with Gasteiger partial charge in [-0.15, -0.1) is 0 Å². The maximum Gasteiger partial charge on any atom is 0.390 e. The molecule has 0 unspecified atom stereocenters. The smallest absolute Gasteiger partial charge is 0.389 e. The molecule has 2 nitrogen and oxygen atoms in total. The van der Waals surface area contributed by atoms with Gasteiger partial charge in [0.2, 0.25) is 0 Å². The third kappa shape index (κ3) is 4.14. The number of hydrogen-bond donors (Lipinski definition) is 1. The summed E-state index contributed by atoms with van der Waals surface area (Å²) >= 11 is 4.68. The van der Waals surface area contributed by atoms with Gasteiger partial charge in [0.1, 0.15) is 10.8 Å². The van der Waals surface area contributed by atoms with E-state index in [1.807, 2.05) is 0 Å². The standard InChI is InChI=1S/C11H12F4N2S/c1-17(5-4-11(13,14)15)9-3-2-7(10(16)18)6-8(9)12/h2-3,6H,4-5H2,1H3,(H2,16,18). The van der Waals surface area contributed by atoms with E-state index in [4.69, 9.17) is 5.73 Å². The Labute approximate surface area is 107 Å². The summed E-state index contributed by atoms with van der Waals surface area (Å²) in [7, 11) is 1.39. The monoisotopic (exact) mass is 280 g/mol. The van der Waals surface area contributed by atoms with Gasteiger partial charge < -0.3 is 10.6 Å². The fourth-order valence-electron chi connectivity index (χ4n) is 1.38. The van der Waals surface area contributed by atoms with E-state index in [1.54, 1.807) is 0 Å². The molecule has 0 bridgehead atoms. The lowest BCUT2D eigenvalue weighted by atomic mass is 10.2. The first-order chi connectivity index (χ1) is 8.20. The zero-order valence-electron chi connectivity index (χ0n) is 9.59. The molecule has 0 saturated heterocycles. The Morgan fingerprint density at radius 2 is 2.00 bits per heavy atom. The average molecular weight is 280 g/mol. The second-order valence-corrected chi connectivity index (χ2v) is 4.26. The molecule has 0 fully saturated rings. The van der Waals surface area contributed by atoms with Gasteiger partial charge >= 0.3 is 6.18 Å². The molecule has 0 heterocycles. The van der Waals surface area contributed by atoms with Gasteiger partial charge in [0.15, 0.2) is 0 Å². The highest BCUT2D eigenvalue weighted by atomic mass is 32.1. The fourth-order valence-corrected chi connectivity index (χ4v) is 1.51. The van der Waals surface area contributed by atoms with E-state index in [1.165, 1.54) is 24.1 Å². The molecular weight excluding hydrogens is 268 g/mol. The van der Waals surface area contributed by atoms with Gasteiger partial charge in [-0.2, -0.15) is 13.2 Å². The molecule has 100 valence electrons. The molecule has 0 radical (unpaired) electrons. The Bertz CT molecular complexity index is 445. The van der Waals surface area contributed by atoms with Crippen LogP contribution in [0, 0.1) is 5.82 Å². The summed E-state index contributed by atoms with van der Waals surface area (Å²) in [6, 6.07) is 3.95. The van der Waals surface area contributed by atoms with Gasteiger partial charge in [-0.25, -0.2) is 4.39 Å². The van der Waals surface area contributed by atoms with Gasteiger partial charge in [-0.3, -0.25) is 0 Å². The van der Waals surface area contributed by atoms with Crippen molar-refractivity contribution in [1.29, 1.82) is 0 Å². The highest BCUT2D eigenvalue weighted by Gasteiger charge is 2.27. The molecule has 0 atom stereocenters. The van der Waals surface area contributed by atoms with Crippen molar-refractivity contribution in [1.82, 2.24) is 0 Å². The van der Waals surface area contributed by atoms with E-state index in [0.29, 0.717) is 5.56 Å². The van der Waals surface area contributed by atoms with Crippen LogP contribution >= 0.6 is 12.2 Å². The van der Waals surface area contributed by atoms with Gasteiger partial charge in [0, 0.05) is 19.2 Å². The molecule has 0 saturated carbocycles. The predicted molar refractivity (Wildman–Crippen MR) is 66.2 cm³/mol. The lowest BCUT2D eigenvalue weighted by molar-refractivity contribution is -0.132. The number of thiocarbonyl (C=S) groups is 1. The molecule has 0 aliphatic heterocycles. The molecule has 0 spiro atoms. The number of hydrogen-bond acceptors (Lipinski definition) is 2. The Morgan fingerprint density at radius 3 is 2.44 bits per heavy atom. The summed E-state index contributed by atoms with van der Waals surface area (Å²) in [5.74, 6) is -0.648. The van der Waals surface area contributed by atoms with Gasteiger partial charge in [-0.05, 0) is 18.2 Å². The van der Waals surface area contributed by atoms with Crippen LogP contribution in [0.15, 0.2) is 18.2 Å². The lowest BCUT2D eigenvalue weighted by Crippen LogP contribution is -2.25. The molecule has 2 N–H and O–H groups in total. The van der Waals surface area contributed by atoms with Crippen LogP contribution < -0.4 is 10.6 Å². The first-order valence-electron chi connectivity index (χ1n) is 5.08. The number of benzene rings is 1. The molecular formula is C11H12F4N2S. The molecule has 1 aromatic rings. The first-order valence-corrected chi connectivity index (χ1v) is 5.49. The zero-order valence-corrected chi connectivity index (χ0v) is 10.4. The van der Waals surface area contributed by atoms with E-state index >= 15 is 0 Å². The van der Waals surface area contributed by atoms with Crippen LogP contribution in [0.1, 0.15) is 12.0 Å². The molecule has 1 aromatic carbocycles. The van der Waals surface area contributed by atoms with E-state index in [-0.39, 0.29) is 17.2 Å². The average Bonchev–Trinajstić information content (AvgIpc) is 2.24. The molecule has 1 rings (SSSR count). The minimum absolute atomic E-state index is 0.0402. The number of rotatable bonds is 4. The number of nitrogens with two attached hydrogens (primary N) is 1. The van der Waals surface area contributed by atoms with Crippen molar-refractivity contribution in [3.05, 3.63) is 29.6 Å². The van der Waals surface area contributed by atoms with Crippen molar-refractivity contribution in [3.63, 3.8) is 0 Å². The number of anilines is 1. The quantitative estimate of drug-likeness (QED) is 0.679. The molecule has 0 aliphatic rings. The first kappa shape index (κ1) is 14.7. The van der Waals surface area contributed by atoms with Crippen LogP contribution in [0.3, 0.4) is 0 Å². The van der Waals surface area contributed by atoms with Crippen LogP contribution in [0.4, 0.5) is 23.2 Å². The van der Waals surface area contributed by atoms with Crippen molar-refractivity contribution < 1.29 is 17.6 Å². The third-order valence-electron chi connectivity index (χ3n) is 2.37. The molecule has 0 aromatic heterocycles. The fraction of sp³-hybridized carbons (Fsp3) is 0.364.